The van der Waals surface area contributed by atoms with Gasteiger partial charge < -0.3 is 20.1 Å². The van der Waals surface area contributed by atoms with E-state index in [0.29, 0.717) is 6.42 Å². The van der Waals surface area contributed by atoms with Gasteiger partial charge in [0.05, 0.1) is 13.2 Å². The first-order valence-corrected chi connectivity index (χ1v) is 24.7. The van der Waals surface area contributed by atoms with Crippen LogP contribution in [-0.4, -0.2) is 49.3 Å². The number of phosphoric ester groups is 1. The van der Waals surface area contributed by atoms with Crippen molar-refractivity contribution in [2.75, 3.05) is 26.4 Å². The number of rotatable bonds is 44. The third kappa shape index (κ3) is 42.2. The Morgan fingerprint density at radius 1 is 0.527 bits per heavy atom. The normalized spacial score (nSPS) is 13.3. The zero-order valence-corrected chi connectivity index (χ0v) is 36.8. The molecule has 0 fully saturated rings. The molecule has 326 valence electrons. The van der Waals surface area contributed by atoms with Crippen molar-refractivity contribution in [3.8, 4) is 0 Å². The molecule has 9 nitrogen and oxygen atoms in total. The highest BCUT2D eigenvalue weighted by Gasteiger charge is 2.25. The fourth-order valence-electron chi connectivity index (χ4n) is 6.71. The van der Waals surface area contributed by atoms with E-state index in [-0.39, 0.29) is 38.6 Å². The van der Waals surface area contributed by atoms with Gasteiger partial charge in [-0.2, -0.15) is 0 Å². The Bertz CT molecular complexity index is 917. The van der Waals surface area contributed by atoms with Gasteiger partial charge >= 0.3 is 19.8 Å². The van der Waals surface area contributed by atoms with Crippen molar-refractivity contribution in [2.24, 2.45) is 5.73 Å². The molecule has 2 atom stereocenters. The second-order valence-corrected chi connectivity index (χ2v) is 17.1. The van der Waals surface area contributed by atoms with Crippen LogP contribution < -0.4 is 5.73 Å². The number of ether oxygens (including phenoxy) is 2. The van der Waals surface area contributed by atoms with E-state index in [2.05, 4.69) is 19.9 Å². The predicted octanol–water partition coefficient (Wildman–Crippen LogP) is 13.4. The summed E-state index contributed by atoms with van der Waals surface area (Å²) in [7, 11) is -4.38. The summed E-state index contributed by atoms with van der Waals surface area (Å²) in [5.74, 6) is -0.872. The Balaban J connectivity index is 4.09. The molecule has 0 amide bonds. The maximum absolute atomic E-state index is 12.6. The van der Waals surface area contributed by atoms with Gasteiger partial charge in [0, 0.05) is 19.4 Å². The topological polar surface area (TPSA) is 134 Å². The van der Waals surface area contributed by atoms with Crippen LogP contribution in [0.2, 0.25) is 0 Å². The Kier molecular flexibility index (Phi) is 41.4. The predicted molar refractivity (Wildman–Crippen MR) is 229 cm³/mol. The molecule has 0 rings (SSSR count). The van der Waals surface area contributed by atoms with Crippen LogP contribution in [0.15, 0.2) is 12.2 Å². The highest BCUT2D eigenvalue weighted by atomic mass is 31.2. The molecule has 0 bridgehead atoms. The van der Waals surface area contributed by atoms with Gasteiger partial charge in [0.2, 0.25) is 0 Å². The first-order chi connectivity index (χ1) is 26.8. The first kappa shape index (κ1) is 53.8. The number of hydrogen-bond acceptors (Lipinski definition) is 8. The molecule has 0 aliphatic rings. The van der Waals surface area contributed by atoms with Crippen molar-refractivity contribution in [1.29, 1.82) is 0 Å². The standard InChI is InChI=1S/C45H88NO8P/c1-3-5-7-9-11-13-15-17-19-20-21-22-24-25-27-29-31-33-35-37-44(47)51-41-43(42-53-55(49,50)52-40-39-46)54-45(48)38-36-34-32-30-28-26-23-18-16-14-12-10-8-6-4-2/h32,34,43H,3-31,33,35-42,46H2,1-2H3,(H,49,50). The number of unbranched alkanes of at least 4 members (excludes halogenated alkanes) is 29. The van der Waals surface area contributed by atoms with Crippen LogP contribution in [0.25, 0.3) is 0 Å². The minimum atomic E-state index is -4.38. The lowest BCUT2D eigenvalue weighted by Crippen LogP contribution is -2.29. The second kappa shape index (κ2) is 42.4. The number of esters is 2. The van der Waals surface area contributed by atoms with E-state index in [1.807, 2.05) is 6.08 Å². The molecule has 2 unspecified atom stereocenters. The van der Waals surface area contributed by atoms with Crippen LogP contribution in [0, 0.1) is 0 Å². The van der Waals surface area contributed by atoms with Crippen LogP contribution >= 0.6 is 7.82 Å². The van der Waals surface area contributed by atoms with E-state index in [0.717, 1.165) is 32.1 Å². The van der Waals surface area contributed by atoms with Crippen LogP contribution in [0.5, 0.6) is 0 Å². The Morgan fingerprint density at radius 2 is 0.927 bits per heavy atom. The van der Waals surface area contributed by atoms with Crippen LogP contribution in [0.3, 0.4) is 0 Å². The van der Waals surface area contributed by atoms with Crippen molar-refractivity contribution < 1.29 is 37.6 Å². The summed E-state index contributed by atoms with van der Waals surface area (Å²) in [4.78, 5) is 34.9. The highest BCUT2D eigenvalue weighted by molar-refractivity contribution is 7.47. The zero-order chi connectivity index (χ0) is 40.3. The Labute approximate surface area is 339 Å². The lowest BCUT2D eigenvalue weighted by atomic mass is 10.0. The average Bonchev–Trinajstić information content (AvgIpc) is 3.17. The smallest absolute Gasteiger partial charge is 0.462 e. The minimum absolute atomic E-state index is 0.0518. The summed E-state index contributed by atoms with van der Waals surface area (Å²) in [5, 5.41) is 0. The van der Waals surface area contributed by atoms with Crippen LogP contribution in [0.1, 0.15) is 232 Å². The van der Waals surface area contributed by atoms with Gasteiger partial charge in [-0.25, -0.2) is 4.57 Å². The Hall–Kier alpha value is -1.25. The SMILES string of the molecule is CCCCCCCCCCCCCC=CCCC(=O)OC(COC(=O)CCCCCCCCCCCCCCCCCCCCC)COP(=O)(O)OCCN. The third-order valence-electron chi connectivity index (χ3n) is 10.2. The van der Waals surface area contributed by atoms with E-state index in [1.165, 1.54) is 167 Å². The lowest BCUT2D eigenvalue weighted by molar-refractivity contribution is -0.161. The van der Waals surface area contributed by atoms with Crippen molar-refractivity contribution in [2.45, 2.75) is 238 Å². The van der Waals surface area contributed by atoms with Crippen molar-refractivity contribution >= 4 is 19.8 Å². The van der Waals surface area contributed by atoms with Gasteiger partial charge in [-0.1, -0.05) is 206 Å². The van der Waals surface area contributed by atoms with E-state index in [1.54, 1.807) is 0 Å². The quantitative estimate of drug-likeness (QED) is 0.0267. The Morgan fingerprint density at radius 3 is 1.36 bits per heavy atom. The molecule has 0 aromatic heterocycles. The van der Waals surface area contributed by atoms with Gasteiger partial charge in [0.25, 0.3) is 0 Å². The molecule has 0 radical (unpaired) electrons. The van der Waals surface area contributed by atoms with Gasteiger partial charge in [0.1, 0.15) is 6.61 Å². The summed E-state index contributed by atoms with van der Waals surface area (Å²) in [6, 6.07) is 0. The number of phosphoric acid groups is 1. The molecular weight excluding hydrogens is 713 g/mol. The van der Waals surface area contributed by atoms with Crippen LogP contribution in [0.4, 0.5) is 0 Å². The van der Waals surface area contributed by atoms with Gasteiger partial charge in [-0.15, -0.1) is 0 Å². The molecule has 0 aliphatic carbocycles. The van der Waals surface area contributed by atoms with Gasteiger partial charge in [-0.05, 0) is 25.7 Å². The number of hydrogen-bond donors (Lipinski definition) is 2. The second-order valence-electron chi connectivity index (χ2n) is 15.6. The summed E-state index contributed by atoms with van der Waals surface area (Å²) in [6.45, 7) is 3.73. The summed E-state index contributed by atoms with van der Waals surface area (Å²) >= 11 is 0. The number of nitrogens with two attached hydrogens (primary N) is 1. The fourth-order valence-corrected chi connectivity index (χ4v) is 7.48. The largest absolute Gasteiger partial charge is 0.472 e. The minimum Gasteiger partial charge on any atom is -0.462 e. The van der Waals surface area contributed by atoms with Gasteiger partial charge in [-0.3, -0.25) is 18.6 Å². The monoisotopic (exact) mass is 802 g/mol. The first-order valence-electron chi connectivity index (χ1n) is 23.2. The molecule has 3 N–H and O–H groups in total. The molecule has 0 heterocycles. The highest BCUT2D eigenvalue weighted by Crippen LogP contribution is 2.43. The maximum atomic E-state index is 12.6. The van der Waals surface area contributed by atoms with Gasteiger partial charge in [0.15, 0.2) is 6.10 Å². The van der Waals surface area contributed by atoms with Crippen LogP contribution in [-0.2, 0) is 32.7 Å². The fraction of sp³-hybridized carbons (Fsp3) is 0.911. The molecule has 10 heteroatoms. The van der Waals surface area contributed by atoms with E-state index in [9.17, 15) is 19.0 Å². The molecular formula is C45H88NO8P. The molecule has 0 saturated carbocycles. The number of carbonyl (C=O) groups excluding carboxylic acids is 2. The average molecular weight is 802 g/mol. The molecule has 55 heavy (non-hydrogen) atoms. The van der Waals surface area contributed by atoms with E-state index < -0.39 is 26.5 Å². The van der Waals surface area contributed by atoms with E-state index in [4.69, 9.17) is 24.3 Å². The molecule has 0 aliphatic heterocycles. The zero-order valence-electron chi connectivity index (χ0n) is 35.9. The van der Waals surface area contributed by atoms with E-state index >= 15 is 0 Å². The lowest BCUT2D eigenvalue weighted by Gasteiger charge is -2.19. The molecule has 0 aromatic carbocycles. The number of allylic oxidation sites excluding steroid dienone is 2. The van der Waals surface area contributed by atoms with Crippen molar-refractivity contribution in [3.05, 3.63) is 12.2 Å². The van der Waals surface area contributed by atoms with Crippen molar-refractivity contribution in [1.82, 2.24) is 0 Å². The number of carbonyl (C=O) groups is 2. The molecule has 0 aromatic rings. The van der Waals surface area contributed by atoms with Crippen molar-refractivity contribution in [3.63, 3.8) is 0 Å². The third-order valence-corrected chi connectivity index (χ3v) is 11.1. The molecule has 0 saturated heterocycles. The summed E-state index contributed by atoms with van der Waals surface area (Å²) in [5.41, 5.74) is 5.35. The summed E-state index contributed by atoms with van der Waals surface area (Å²) in [6.07, 6.45) is 44.0. The molecule has 0 spiro atoms. The summed E-state index contributed by atoms with van der Waals surface area (Å²) < 4.78 is 32.8. The maximum Gasteiger partial charge on any atom is 0.472 e.